The van der Waals surface area contributed by atoms with Gasteiger partial charge in [0.25, 0.3) is 0 Å². The molecule has 48 heavy (non-hydrogen) atoms. The minimum Gasteiger partial charge on any atom is -0.465 e. The van der Waals surface area contributed by atoms with E-state index in [2.05, 4.69) is 23.8 Å². The first kappa shape index (κ1) is 35.4. The minimum atomic E-state index is -0.400. The maximum atomic E-state index is 13.9. The molecule has 0 saturated heterocycles. The van der Waals surface area contributed by atoms with Gasteiger partial charge < -0.3 is 20.1 Å². The molecule has 3 aromatic carbocycles. The van der Waals surface area contributed by atoms with Crippen LogP contribution in [0.15, 0.2) is 108 Å². The molecule has 3 aromatic rings. The molecular formula is C40H42N2O6. The molecule has 0 amide bonds. The summed E-state index contributed by atoms with van der Waals surface area (Å²) in [6, 6.07) is 18.1. The molecule has 8 heteroatoms. The maximum Gasteiger partial charge on any atom is 0.333 e. The van der Waals surface area contributed by atoms with Crippen LogP contribution in [0.5, 0.6) is 0 Å². The van der Waals surface area contributed by atoms with E-state index in [1.54, 1.807) is 38.1 Å². The summed E-state index contributed by atoms with van der Waals surface area (Å²) in [7, 11) is 0. The predicted molar refractivity (Wildman–Crippen MR) is 190 cm³/mol. The second-order valence-electron chi connectivity index (χ2n) is 12.1. The zero-order chi connectivity index (χ0) is 34.8. The highest BCUT2D eigenvalue weighted by molar-refractivity contribution is 6.32. The number of nitrogens with one attached hydrogen (secondary N) is 2. The topological polar surface area (TPSA) is 111 Å². The predicted octanol–water partition coefficient (Wildman–Crippen LogP) is 8.07. The third-order valence-electron chi connectivity index (χ3n) is 7.70. The van der Waals surface area contributed by atoms with Gasteiger partial charge in [0.2, 0.25) is 0 Å². The first-order chi connectivity index (χ1) is 22.9. The van der Waals surface area contributed by atoms with Gasteiger partial charge in [0.15, 0.2) is 11.6 Å². The Balaban J connectivity index is 1.50. The zero-order valence-corrected chi connectivity index (χ0v) is 28.0. The Morgan fingerprint density at radius 3 is 1.98 bits per heavy atom. The third-order valence-corrected chi connectivity index (χ3v) is 7.70. The van der Waals surface area contributed by atoms with E-state index in [1.807, 2.05) is 62.4 Å². The molecule has 0 heterocycles. The van der Waals surface area contributed by atoms with E-state index in [9.17, 15) is 19.2 Å². The van der Waals surface area contributed by atoms with Crippen molar-refractivity contribution in [1.29, 1.82) is 0 Å². The van der Waals surface area contributed by atoms with Crippen LogP contribution >= 0.6 is 0 Å². The summed E-state index contributed by atoms with van der Waals surface area (Å²) in [5.41, 5.74) is 7.41. The van der Waals surface area contributed by atoms with Gasteiger partial charge in [-0.05, 0) is 57.5 Å². The summed E-state index contributed by atoms with van der Waals surface area (Å²) in [6.45, 7) is 15.7. The molecule has 0 saturated carbocycles. The Hall–Kier alpha value is -5.50. The maximum absolute atomic E-state index is 13.9. The quantitative estimate of drug-likeness (QED) is 0.0578. The average molecular weight is 647 g/mol. The zero-order valence-electron chi connectivity index (χ0n) is 28.0. The number of carbonyl (C=O) groups excluding carboxylic acids is 4. The van der Waals surface area contributed by atoms with Crippen LogP contribution in [-0.4, -0.2) is 43.3 Å². The normalized spacial score (nSPS) is 12.5. The number of rotatable bonds is 15. The van der Waals surface area contributed by atoms with Crippen molar-refractivity contribution in [1.82, 2.24) is 0 Å². The van der Waals surface area contributed by atoms with Crippen molar-refractivity contribution in [3.63, 3.8) is 0 Å². The molecule has 1 aliphatic rings. The van der Waals surface area contributed by atoms with Crippen LogP contribution < -0.4 is 10.6 Å². The molecule has 8 nitrogen and oxygen atoms in total. The van der Waals surface area contributed by atoms with Crippen molar-refractivity contribution in [2.24, 2.45) is 0 Å². The lowest BCUT2D eigenvalue weighted by atomic mass is 9.82. The van der Waals surface area contributed by atoms with E-state index in [-0.39, 0.29) is 37.2 Å². The van der Waals surface area contributed by atoms with Gasteiger partial charge in [0.1, 0.15) is 0 Å². The SMILES string of the molecule is C=C(C)CC(=O)OCCc1ccc(Nc2ccc(NC/C(C)=C/C=C(\C)CCOC(=O)C(=C)C)c3c2C(=O)c2ccccc2C3=O)cc1. The standard InChI is InChI=1S/C40H42N2O6/c1-25(2)23-35(43)47-22-20-29-13-15-30(16-14-29)42-34-18-17-33(36-37(34)39(45)32-10-8-7-9-31(32)38(36)44)41-24-28(6)12-11-27(5)19-21-48-40(46)26(3)4/h7-18,41-42H,1,3,19-24H2,2,4-6H3/b27-11+,28-12+. The highest BCUT2D eigenvalue weighted by atomic mass is 16.5. The summed E-state index contributed by atoms with van der Waals surface area (Å²) < 4.78 is 10.5. The molecule has 2 N–H and O–H groups in total. The lowest BCUT2D eigenvalue weighted by molar-refractivity contribution is -0.142. The van der Waals surface area contributed by atoms with Gasteiger partial charge in [-0.15, -0.1) is 0 Å². The number of hydrogen-bond acceptors (Lipinski definition) is 8. The second-order valence-corrected chi connectivity index (χ2v) is 12.1. The summed E-state index contributed by atoms with van der Waals surface area (Å²) in [5.74, 6) is -1.14. The second kappa shape index (κ2) is 16.4. The molecule has 0 spiro atoms. The fourth-order valence-corrected chi connectivity index (χ4v) is 5.05. The Morgan fingerprint density at radius 2 is 1.35 bits per heavy atom. The summed E-state index contributed by atoms with van der Waals surface area (Å²) in [6.07, 6.45) is 5.32. The van der Waals surface area contributed by atoms with E-state index < -0.39 is 5.97 Å². The van der Waals surface area contributed by atoms with Gasteiger partial charge in [-0.25, -0.2) is 4.79 Å². The molecule has 0 atom stereocenters. The molecule has 0 aliphatic heterocycles. The first-order valence-electron chi connectivity index (χ1n) is 15.9. The van der Waals surface area contributed by atoms with E-state index in [4.69, 9.17) is 9.47 Å². The number of ether oxygens (including phenoxy) is 2. The molecule has 0 aromatic heterocycles. The monoisotopic (exact) mass is 646 g/mol. The minimum absolute atomic E-state index is 0.207. The van der Waals surface area contributed by atoms with Gasteiger partial charge in [0, 0.05) is 47.5 Å². The van der Waals surface area contributed by atoms with Crippen LogP contribution in [0, 0.1) is 0 Å². The fourth-order valence-electron chi connectivity index (χ4n) is 5.05. The van der Waals surface area contributed by atoms with Crippen LogP contribution in [0.3, 0.4) is 0 Å². The molecule has 0 fully saturated rings. The summed E-state index contributed by atoms with van der Waals surface area (Å²) in [5, 5.41) is 6.71. The molecule has 248 valence electrons. The molecule has 0 unspecified atom stereocenters. The highest BCUT2D eigenvalue weighted by Gasteiger charge is 2.33. The number of fused-ring (bicyclic) bond motifs is 2. The highest BCUT2D eigenvalue weighted by Crippen LogP contribution is 2.37. The van der Waals surface area contributed by atoms with Gasteiger partial charge in [-0.2, -0.15) is 0 Å². The van der Waals surface area contributed by atoms with Gasteiger partial charge in [-0.3, -0.25) is 14.4 Å². The summed E-state index contributed by atoms with van der Waals surface area (Å²) >= 11 is 0. The Morgan fingerprint density at radius 1 is 0.750 bits per heavy atom. The Bertz CT molecular complexity index is 1810. The molecule has 4 rings (SSSR count). The largest absolute Gasteiger partial charge is 0.465 e. The number of ketones is 2. The van der Waals surface area contributed by atoms with Gasteiger partial charge >= 0.3 is 11.9 Å². The van der Waals surface area contributed by atoms with E-state index >= 15 is 0 Å². The first-order valence-corrected chi connectivity index (χ1v) is 15.9. The fraction of sp³-hybridized carbons (Fsp3) is 0.250. The Kier molecular flexibility index (Phi) is 12.1. The van der Waals surface area contributed by atoms with Gasteiger partial charge in [-0.1, -0.05) is 78.4 Å². The van der Waals surface area contributed by atoms with Crippen molar-refractivity contribution in [2.45, 2.75) is 47.0 Å². The molecule has 0 radical (unpaired) electrons. The number of anilines is 3. The number of hydrogen-bond donors (Lipinski definition) is 2. The van der Waals surface area contributed by atoms with Crippen LogP contribution in [-0.2, 0) is 25.5 Å². The van der Waals surface area contributed by atoms with Crippen LogP contribution in [0.25, 0.3) is 0 Å². The van der Waals surface area contributed by atoms with E-state index in [1.165, 1.54) is 0 Å². The number of esters is 2. The summed E-state index contributed by atoms with van der Waals surface area (Å²) in [4.78, 5) is 51.1. The van der Waals surface area contributed by atoms with Crippen molar-refractivity contribution in [2.75, 3.05) is 30.4 Å². The van der Waals surface area contributed by atoms with Crippen LogP contribution in [0.2, 0.25) is 0 Å². The van der Waals surface area contributed by atoms with Crippen LogP contribution in [0.1, 0.15) is 77.9 Å². The average Bonchev–Trinajstić information content (AvgIpc) is 3.05. The van der Waals surface area contributed by atoms with E-state index in [0.717, 1.165) is 28.0 Å². The van der Waals surface area contributed by atoms with Crippen molar-refractivity contribution in [3.8, 4) is 0 Å². The lowest BCUT2D eigenvalue weighted by Crippen LogP contribution is -2.24. The molecule has 1 aliphatic carbocycles. The Labute approximate surface area is 282 Å². The smallest absolute Gasteiger partial charge is 0.333 e. The van der Waals surface area contributed by atoms with Crippen molar-refractivity contribution in [3.05, 3.63) is 136 Å². The number of allylic oxidation sites excluding steroid dienone is 2. The number of carbonyl (C=O) groups is 4. The number of benzene rings is 3. The third kappa shape index (κ3) is 9.28. The molecule has 0 bridgehead atoms. The van der Waals surface area contributed by atoms with Crippen LogP contribution in [0.4, 0.5) is 17.1 Å². The van der Waals surface area contributed by atoms with Crippen molar-refractivity contribution >= 4 is 40.6 Å². The molecular weight excluding hydrogens is 604 g/mol. The van der Waals surface area contributed by atoms with Crippen molar-refractivity contribution < 1.29 is 28.7 Å². The van der Waals surface area contributed by atoms with Gasteiger partial charge in [0.05, 0.1) is 36.4 Å². The lowest BCUT2D eigenvalue weighted by Gasteiger charge is -2.24. The van der Waals surface area contributed by atoms with E-state index in [0.29, 0.717) is 58.6 Å².